The van der Waals surface area contributed by atoms with E-state index in [2.05, 4.69) is 22.0 Å². The Kier molecular flexibility index (Phi) is 4.86. The molecule has 4 nitrogen and oxygen atoms in total. The summed E-state index contributed by atoms with van der Waals surface area (Å²) in [6.07, 6.45) is 2.39. The Morgan fingerprint density at radius 3 is 3.00 bits per heavy atom. The highest BCUT2D eigenvalue weighted by molar-refractivity contribution is 7.99. The van der Waals surface area contributed by atoms with Gasteiger partial charge in [0.2, 0.25) is 0 Å². The van der Waals surface area contributed by atoms with Crippen molar-refractivity contribution >= 4 is 34.1 Å². The largest absolute Gasteiger partial charge is 0.323 e. The molecule has 1 N–H and O–H groups in total. The van der Waals surface area contributed by atoms with Gasteiger partial charge in [0.15, 0.2) is 0 Å². The van der Waals surface area contributed by atoms with Crippen molar-refractivity contribution in [2.75, 3.05) is 43.0 Å². The number of nitrogens with zero attached hydrogens (tertiary/aromatic N) is 2. The van der Waals surface area contributed by atoms with Crippen LogP contribution < -0.4 is 5.32 Å². The van der Waals surface area contributed by atoms with Gasteiger partial charge in [0.25, 0.3) is 0 Å². The summed E-state index contributed by atoms with van der Waals surface area (Å²) in [5.41, 5.74) is 0. The van der Waals surface area contributed by atoms with Crippen LogP contribution in [0.25, 0.3) is 0 Å². The molecule has 1 aromatic rings. The predicted octanol–water partition coefficient (Wildman–Crippen LogP) is 2.79. The van der Waals surface area contributed by atoms with Crippen LogP contribution in [0.2, 0.25) is 0 Å². The van der Waals surface area contributed by atoms with Gasteiger partial charge in [-0.3, -0.25) is 10.2 Å². The van der Waals surface area contributed by atoms with Gasteiger partial charge in [-0.15, -0.1) is 11.3 Å². The van der Waals surface area contributed by atoms with E-state index in [-0.39, 0.29) is 6.03 Å². The van der Waals surface area contributed by atoms with Gasteiger partial charge >= 0.3 is 6.03 Å². The monoisotopic (exact) mass is 311 g/mol. The summed E-state index contributed by atoms with van der Waals surface area (Å²) < 4.78 is 0. The van der Waals surface area contributed by atoms with Crippen LogP contribution in [-0.2, 0) is 0 Å². The Balaban J connectivity index is 1.52. The van der Waals surface area contributed by atoms with Crippen molar-refractivity contribution in [1.82, 2.24) is 9.80 Å². The number of amides is 2. The zero-order valence-corrected chi connectivity index (χ0v) is 13.2. The van der Waals surface area contributed by atoms with Gasteiger partial charge < -0.3 is 4.90 Å². The van der Waals surface area contributed by atoms with Gasteiger partial charge in [0.1, 0.15) is 0 Å². The quantitative estimate of drug-likeness (QED) is 0.912. The molecule has 2 aliphatic heterocycles. The Morgan fingerprint density at radius 2 is 2.25 bits per heavy atom. The molecule has 1 aromatic heterocycles. The fourth-order valence-electron chi connectivity index (χ4n) is 2.85. The van der Waals surface area contributed by atoms with Crippen molar-refractivity contribution in [3.63, 3.8) is 0 Å². The summed E-state index contributed by atoms with van der Waals surface area (Å²) in [7, 11) is 0. The Bertz CT molecular complexity index is 432. The van der Waals surface area contributed by atoms with E-state index in [4.69, 9.17) is 0 Å². The fraction of sp³-hybridized carbons (Fsp3) is 0.643. The van der Waals surface area contributed by atoms with Gasteiger partial charge in [-0.2, -0.15) is 11.8 Å². The van der Waals surface area contributed by atoms with Crippen LogP contribution in [0.1, 0.15) is 12.8 Å². The summed E-state index contributed by atoms with van der Waals surface area (Å²) in [4.78, 5) is 16.8. The van der Waals surface area contributed by atoms with Gasteiger partial charge in [0, 0.05) is 38.0 Å². The molecular weight excluding hydrogens is 290 g/mol. The maximum absolute atomic E-state index is 12.2. The highest BCUT2D eigenvalue weighted by atomic mass is 32.2. The minimum absolute atomic E-state index is 0.0510. The molecule has 110 valence electrons. The molecule has 0 bridgehead atoms. The zero-order valence-electron chi connectivity index (χ0n) is 11.6. The second kappa shape index (κ2) is 6.83. The number of thioether (sulfide) groups is 1. The summed E-state index contributed by atoms with van der Waals surface area (Å²) in [5, 5.41) is 5.90. The number of nitrogens with one attached hydrogen (secondary N) is 1. The maximum atomic E-state index is 12.2. The number of carbonyl (C=O) groups excluding carboxylic acids is 1. The van der Waals surface area contributed by atoms with Crippen LogP contribution in [-0.4, -0.2) is 59.6 Å². The lowest BCUT2D eigenvalue weighted by molar-refractivity contribution is 0.202. The topological polar surface area (TPSA) is 35.6 Å². The summed E-state index contributed by atoms with van der Waals surface area (Å²) in [5.74, 6) is 2.56. The second-order valence-electron chi connectivity index (χ2n) is 5.30. The minimum atomic E-state index is 0.0510. The fourth-order valence-corrected chi connectivity index (χ4v) is 4.71. The molecule has 3 rings (SSSR count). The standard InChI is InChI=1S/C14H21N3OS2/c18-14(15-13-3-1-9-20-13)17-6-2-5-16(7-8-17)12-4-10-19-11-12/h1,3,9,12H,2,4-8,10-11H2,(H,15,18). The third-order valence-electron chi connectivity index (χ3n) is 3.99. The number of rotatable bonds is 2. The van der Waals surface area contributed by atoms with Crippen molar-refractivity contribution in [1.29, 1.82) is 0 Å². The molecule has 1 unspecified atom stereocenters. The van der Waals surface area contributed by atoms with Crippen molar-refractivity contribution in [2.45, 2.75) is 18.9 Å². The molecular formula is C14H21N3OS2. The van der Waals surface area contributed by atoms with E-state index < -0.39 is 0 Å². The van der Waals surface area contributed by atoms with E-state index in [1.807, 2.05) is 22.4 Å². The van der Waals surface area contributed by atoms with Crippen LogP contribution in [0.5, 0.6) is 0 Å². The number of thiophene rings is 1. The molecule has 6 heteroatoms. The summed E-state index contributed by atoms with van der Waals surface area (Å²) in [6.45, 7) is 3.86. The number of hydrogen-bond donors (Lipinski definition) is 1. The van der Waals surface area contributed by atoms with E-state index in [0.29, 0.717) is 0 Å². The van der Waals surface area contributed by atoms with Gasteiger partial charge in [-0.05, 0) is 36.1 Å². The van der Waals surface area contributed by atoms with Crippen molar-refractivity contribution < 1.29 is 4.79 Å². The number of hydrogen-bond acceptors (Lipinski definition) is 4. The maximum Gasteiger partial charge on any atom is 0.322 e. The third-order valence-corrected chi connectivity index (χ3v) is 5.92. The first-order chi connectivity index (χ1) is 9.83. The molecule has 0 spiro atoms. The zero-order chi connectivity index (χ0) is 13.8. The molecule has 2 saturated heterocycles. The van der Waals surface area contributed by atoms with Crippen LogP contribution >= 0.6 is 23.1 Å². The minimum Gasteiger partial charge on any atom is -0.323 e. The highest BCUT2D eigenvalue weighted by Gasteiger charge is 2.26. The first-order valence-corrected chi connectivity index (χ1v) is 9.27. The molecule has 0 saturated carbocycles. The Hall–Kier alpha value is -0.720. The van der Waals surface area contributed by atoms with Crippen LogP contribution in [0, 0.1) is 0 Å². The smallest absolute Gasteiger partial charge is 0.322 e. The van der Waals surface area contributed by atoms with Crippen LogP contribution in [0.15, 0.2) is 17.5 Å². The lowest BCUT2D eigenvalue weighted by Gasteiger charge is -2.26. The molecule has 3 heterocycles. The highest BCUT2D eigenvalue weighted by Crippen LogP contribution is 2.23. The van der Waals surface area contributed by atoms with Crippen molar-refractivity contribution in [3.8, 4) is 0 Å². The second-order valence-corrected chi connectivity index (χ2v) is 7.40. The third kappa shape index (κ3) is 3.48. The van der Waals surface area contributed by atoms with E-state index in [1.54, 1.807) is 11.3 Å². The Morgan fingerprint density at radius 1 is 1.30 bits per heavy atom. The summed E-state index contributed by atoms with van der Waals surface area (Å²) in [6, 6.07) is 4.69. The average Bonchev–Trinajstić information content (AvgIpc) is 3.09. The van der Waals surface area contributed by atoms with Gasteiger partial charge in [-0.1, -0.05) is 0 Å². The van der Waals surface area contributed by atoms with Crippen molar-refractivity contribution in [3.05, 3.63) is 17.5 Å². The number of anilines is 1. The van der Waals surface area contributed by atoms with Crippen LogP contribution in [0.3, 0.4) is 0 Å². The first-order valence-electron chi connectivity index (χ1n) is 7.24. The SMILES string of the molecule is O=C(Nc1cccs1)N1CCCN(C2CCSC2)CC1. The summed E-state index contributed by atoms with van der Waals surface area (Å²) >= 11 is 3.63. The predicted molar refractivity (Wildman–Crippen MR) is 86.8 cm³/mol. The van der Waals surface area contributed by atoms with E-state index in [0.717, 1.165) is 43.6 Å². The first kappa shape index (κ1) is 14.2. The molecule has 2 amide bonds. The van der Waals surface area contributed by atoms with Gasteiger partial charge in [0.05, 0.1) is 5.00 Å². The van der Waals surface area contributed by atoms with Crippen LogP contribution in [0.4, 0.5) is 9.80 Å². The molecule has 0 radical (unpaired) electrons. The van der Waals surface area contributed by atoms with Gasteiger partial charge in [-0.25, -0.2) is 4.79 Å². The van der Waals surface area contributed by atoms with E-state index in [9.17, 15) is 4.79 Å². The number of carbonyl (C=O) groups is 1. The normalized spacial score (nSPS) is 24.6. The molecule has 0 aliphatic carbocycles. The lowest BCUT2D eigenvalue weighted by Crippen LogP contribution is -2.40. The molecule has 0 aromatic carbocycles. The molecule has 2 aliphatic rings. The lowest BCUT2D eigenvalue weighted by atomic mass is 10.2. The number of urea groups is 1. The Labute approximate surface area is 128 Å². The van der Waals surface area contributed by atoms with Crippen molar-refractivity contribution in [2.24, 2.45) is 0 Å². The molecule has 2 fully saturated rings. The molecule has 20 heavy (non-hydrogen) atoms. The van der Waals surface area contributed by atoms with E-state index >= 15 is 0 Å². The average molecular weight is 311 g/mol. The molecule has 1 atom stereocenters. The van der Waals surface area contributed by atoms with E-state index in [1.165, 1.54) is 17.9 Å².